The first-order valence-electron chi connectivity index (χ1n) is 13.4. The smallest absolute Gasteiger partial charge is 0.0639 e. The number of hydrogen-bond acceptors (Lipinski definition) is 2. The number of hydrogen-bond donors (Lipinski definition) is 2. The van der Waals surface area contributed by atoms with E-state index in [0.29, 0.717) is 10.8 Å². The molecule has 2 N–H and O–H groups in total. The second-order valence-corrected chi connectivity index (χ2v) is 12.8. The van der Waals surface area contributed by atoms with Crippen molar-refractivity contribution in [3.8, 4) is 0 Å². The van der Waals surface area contributed by atoms with Gasteiger partial charge >= 0.3 is 0 Å². The van der Waals surface area contributed by atoms with Gasteiger partial charge in [-0.3, -0.25) is 0 Å². The molecule has 0 radical (unpaired) electrons. The van der Waals surface area contributed by atoms with Gasteiger partial charge in [0.05, 0.1) is 12.7 Å². The zero-order valence-corrected chi connectivity index (χ0v) is 20.5. The lowest BCUT2D eigenvalue weighted by Crippen LogP contribution is -2.53. The quantitative estimate of drug-likeness (QED) is 0.482. The molecule has 0 aliphatic heterocycles. The maximum absolute atomic E-state index is 10.8. The molecule has 0 bridgehead atoms. The van der Waals surface area contributed by atoms with Crippen LogP contribution < -0.4 is 0 Å². The fourth-order valence-electron chi connectivity index (χ4n) is 9.65. The van der Waals surface area contributed by atoms with Crippen LogP contribution in [0, 0.1) is 45.8 Å². The van der Waals surface area contributed by atoms with Crippen molar-refractivity contribution in [3.05, 3.63) is 23.3 Å². The largest absolute Gasteiger partial charge is 0.392 e. The first-order chi connectivity index (χ1) is 14.8. The van der Waals surface area contributed by atoms with Crippen LogP contribution in [0.4, 0.5) is 0 Å². The second-order valence-electron chi connectivity index (χ2n) is 12.8. The highest BCUT2D eigenvalue weighted by Crippen LogP contribution is 2.72. The minimum absolute atomic E-state index is 0.0718. The monoisotopic (exact) mass is 426 g/mol. The molecule has 8 atom stereocenters. The molecule has 5 aliphatic rings. The van der Waals surface area contributed by atoms with Crippen LogP contribution in [-0.2, 0) is 0 Å². The van der Waals surface area contributed by atoms with E-state index in [1.54, 1.807) is 5.57 Å². The third-order valence-corrected chi connectivity index (χ3v) is 11.5. The predicted molar refractivity (Wildman–Crippen MR) is 127 cm³/mol. The Morgan fingerprint density at radius 1 is 1.10 bits per heavy atom. The topological polar surface area (TPSA) is 40.5 Å². The molecule has 2 nitrogen and oxygen atoms in total. The van der Waals surface area contributed by atoms with Gasteiger partial charge in [-0.1, -0.05) is 44.1 Å². The van der Waals surface area contributed by atoms with Crippen LogP contribution in [0.25, 0.3) is 0 Å². The third kappa shape index (κ3) is 3.25. The van der Waals surface area contributed by atoms with Crippen molar-refractivity contribution in [3.63, 3.8) is 0 Å². The van der Waals surface area contributed by atoms with Crippen molar-refractivity contribution < 1.29 is 10.2 Å². The number of allylic oxidation sites excluding steroid dienone is 2. The summed E-state index contributed by atoms with van der Waals surface area (Å²) in [6, 6.07) is 0. The van der Waals surface area contributed by atoms with Crippen LogP contribution in [-0.4, -0.2) is 22.9 Å². The average Bonchev–Trinajstić information content (AvgIpc) is 3.45. The highest BCUT2D eigenvalue weighted by molar-refractivity contribution is 5.36. The minimum atomic E-state index is -0.0718. The molecule has 4 fully saturated rings. The van der Waals surface area contributed by atoms with Gasteiger partial charge < -0.3 is 10.2 Å². The van der Waals surface area contributed by atoms with Gasteiger partial charge in [-0.15, -0.1) is 0 Å². The van der Waals surface area contributed by atoms with Crippen molar-refractivity contribution in [2.75, 3.05) is 6.61 Å². The summed E-state index contributed by atoms with van der Waals surface area (Å²) in [7, 11) is 0. The summed E-state index contributed by atoms with van der Waals surface area (Å²) in [4.78, 5) is 0. The van der Waals surface area contributed by atoms with Gasteiger partial charge in [0.25, 0.3) is 0 Å². The Balaban J connectivity index is 1.34. The third-order valence-electron chi connectivity index (χ3n) is 11.5. The average molecular weight is 427 g/mol. The molecule has 5 rings (SSSR count). The Kier molecular flexibility index (Phi) is 5.53. The van der Waals surface area contributed by atoms with Crippen molar-refractivity contribution in [2.45, 2.75) is 104 Å². The van der Waals surface area contributed by atoms with E-state index in [1.165, 1.54) is 57.8 Å². The lowest BCUT2D eigenvalue weighted by atomic mass is 9.45. The molecule has 0 aromatic carbocycles. The fourth-order valence-corrected chi connectivity index (χ4v) is 9.65. The van der Waals surface area contributed by atoms with Crippen LogP contribution in [0.15, 0.2) is 23.3 Å². The first kappa shape index (κ1) is 22.2. The molecule has 4 saturated carbocycles. The minimum Gasteiger partial charge on any atom is -0.392 e. The summed E-state index contributed by atoms with van der Waals surface area (Å²) in [5, 5.41) is 20.1. The Hall–Kier alpha value is -0.600. The maximum atomic E-state index is 10.8. The molecule has 0 unspecified atom stereocenters. The molecule has 0 saturated heterocycles. The molecule has 1 spiro atoms. The standard InChI is InChI=1S/C29H46O2/c1-19(18-30)6-5-7-20(2)22-9-10-23-21-8-11-25-28(4,24(21)12-14-27(22,23)3)15-13-26(31)29(25)16-17-29/h6,11,20-24,26,30-31H,5,7-10,12-18H2,1-4H3/t20-,21+,22-,23+,24+,26+,27-,28-/m1/s1. The number of aliphatic hydroxyl groups excluding tert-OH is 2. The van der Waals surface area contributed by atoms with Gasteiger partial charge in [-0.25, -0.2) is 0 Å². The summed E-state index contributed by atoms with van der Waals surface area (Å²) in [5.41, 5.74) is 3.87. The highest BCUT2D eigenvalue weighted by Gasteiger charge is 2.65. The van der Waals surface area contributed by atoms with Crippen molar-refractivity contribution in [1.82, 2.24) is 0 Å². The molecule has 0 aromatic heterocycles. The maximum Gasteiger partial charge on any atom is 0.0639 e. The Labute approximate surface area is 190 Å². The molecule has 0 heterocycles. The molecule has 5 aliphatic carbocycles. The number of aliphatic hydroxyl groups is 2. The summed E-state index contributed by atoms with van der Waals surface area (Å²) in [6.45, 7) is 10.0. The predicted octanol–water partition coefficient (Wildman–Crippen LogP) is 6.67. The van der Waals surface area contributed by atoms with E-state index < -0.39 is 0 Å². The number of fused-ring (bicyclic) bond motifs is 6. The molecular weight excluding hydrogens is 380 g/mol. The molecule has 0 aromatic rings. The SMILES string of the molecule is CC(=CCC[C@@H](C)[C@H]1CC[C@H]2[C@@H]3CC=C4C5(CC5)[C@@H](O)CC[C@]4(C)[C@H]3CC[C@]12C)CO. The second kappa shape index (κ2) is 7.73. The van der Waals surface area contributed by atoms with E-state index in [1.807, 2.05) is 6.92 Å². The van der Waals surface area contributed by atoms with Crippen LogP contribution in [0.5, 0.6) is 0 Å². The lowest BCUT2D eigenvalue weighted by molar-refractivity contribution is -0.0689. The van der Waals surface area contributed by atoms with Gasteiger partial charge in [0.2, 0.25) is 0 Å². The van der Waals surface area contributed by atoms with E-state index in [-0.39, 0.29) is 18.1 Å². The van der Waals surface area contributed by atoms with Crippen LogP contribution in [0.1, 0.15) is 98.3 Å². The van der Waals surface area contributed by atoms with Gasteiger partial charge in [0.15, 0.2) is 0 Å². The van der Waals surface area contributed by atoms with Gasteiger partial charge in [-0.2, -0.15) is 0 Å². The van der Waals surface area contributed by atoms with E-state index in [4.69, 9.17) is 0 Å². The Morgan fingerprint density at radius 3 is 2.58 bits per heavy atom. The molecule has 31 heavy (non-hydrogen) atoms. The fraction of sp³-hybridized carbons (Fsp3) is 0.862. The lowest BCUT2D eigenvalue weighted by Gasteiger charge is -2.60. The summed E-state index contributed by atoms with van der Waals surface area (Å²) >= 11 is 0. The summed E-state index contributed by atoms with van der Waals surface area (Å²) in [5.74, 6) is 4.25. The van der Waals surface area contributed by atoms with Gasteiger partial charge in [0, 0.05) is 5.41 Å². The van der Waals surface area contributed by atoms with E-state index >= 15 is 0 Å². The van der Waals surface area contributed by atoms with E-state index in [9.17, 15) is 10.2 Å². The Bertz CT molecular complexity index is 761. The molecule has 2 heteroatoms. The van der Waals surface area contributed by atoms with Crippen LogP contribution >= 0.6 is 0 Å². The molecule has 174 valence electrons. The zero-order chi connectivity index (χ0) is 22.0. The van der Waals surface area contributed by atoms with Crippen molar-refractivity contribution in [2.24, 2.45) is 45.8 Å². The normalized spacial score (nSPS) is 46.7. The van der Waals surface area contributed by atoms with Gasteiger partial charge in [-0.05, 0) is 118 Å². The van der Waals surface area contributed by atoms with Crippen LogP contribution in [0.3, 0.4) is 0 Å². The number of rotatable bonds is 5. The zero-order valence-electron chi connectivity index (χ0n) is 20.5. The van der Waals surface area contributed by atoms with Crippen molar-refractivity contribution in [1.29, 1.82) is 0 Å². The van der Waals surface area contributed by atoms with Crippen LogP contribution in [0.2, 0.25) is 0 Å². The van der Waals surface area contributed by atoms with Crippen molar-refractivity contribution >= 4 is 0 Å². The molecular formula is C29H46O2. The summed E-state index contributed by atoms with van der Waals surface area (Å²) in [6.07, 6.45) is 18.9. The first-order valence-corrected chi connectivity index (χ1v) is 13.4. The Morgan fingerprint density at radius 2 is 1.87 bits per heavy atom. The van der Waals surface area contributed by atoms with Gasteiger partial charge in [0.1, 0.15) is 0 Å². The van der Waals surface area contributed by atoms with E-state index in [0.717, 1.165) is 48.0 Å². The molecule has 0 amide bonds. The highest BCUT2D eigenvalue weighted by atomic mass is 16.3. The van der Waals surface area contributed by atoms with E-state index in [2.05, 4.69) is 32.9 Å². The summed E-state index contributed by atoms with van der Waals surface area (Å²) < 4.78 is 0.